The van der Waals surface area contributed by atoms with Crippen LogP contribution in [-0.2, 0) is 11.2 Å². The van der Waals surface area contributed by atoms with E-state index in [0.29, 0.717) is 29.2 Å². The predicted octanol–water partition coefficient (Wildman–Crippen LogP) is 7.12. The van der Waals surface area contributed by atoms with Gasteiger partial charge in [0.2, 0.25) is 6.79 Å². The zero-order valence-corrected chi connectivity index (χ0v) is 22.0. The number of hydrogen-bond donors (Lipinski definition) is 0. The van der Waals surface area contributed by atoms with Gasteiger partial charge in [-0.3, -0.25) is 4.79 Å². The Morgan fingerprint density at radius 2 is 1.41 bits per heavy atom. The van der Waals surface area contributed by atoms with Gasteiger partial charge in [-0.05, 0) is 91.6 Å². The molecule has 0 aromatic heterocycles. The van der Waals surface area contributed by atoms with Crippen molar-refractivity contribution in [2.24, 2.45) is 0 Å². The van der Waals surface area contributed by atoms with E-state index in [9.17, 15) is 9.59 Å². The number of carbonyl (C=O) groups is 2. The molecule has 4 aromatic rings. The third-order valence-corrected chi connectivity index (χ3v) is 5.97. The Hall–Kier alpha value is -4.84. The Balaban J connectivity index is 1.24. The summed E-state index contributed by atoms with van der Waals surface area (Å²) in [5.74, 6) is 1.23. The van der Waals surface area contributed by atoms with E-state index < -0.39 is 5.97 Å². The van der Waals surface area contributed by atoms with Gasteiger partial charge in [-0.1, -0.05) is 54.6 Å². The molecule has 6 nitrogen and oxygen atoms in total. The molecule has 39 heavy (non-hydrogen) atoms. The molecule has 0 fully saturated rings. The maximum Gasteiger partial charge on any atom is 0.343 e. The fourth-order valence-corrected chi connectivity index (χ4v) is 3.72. The Labute approximate surface area is 228 Å². The molecule has 0 aliphatic rings. The average molecular weight is 523 g/mol. The lowest BCUT2D eigenvalue weighted by atomic mass is 10.1. The van der Waals surface area contributed by atoms with Crippen molar-refractivity contribution >= 4 is 18.0 Å². The van der Waals surface area contributed by atoms with Crippen LogP contribution >= 0.6 is 0 Å². The summed E-state index contributed by atoms with van der Waals surface area (Å²) in [7, 11) is 0. The van der Waals surface area contributed by atoms with Crippen LogP contribution in [0.1, 0.15) is 39.0 Å². The normalized spacial score (nSPS) is 10.4. The monoisotopic (exact) mass is 522 g/mol. The number of carbonyl (C=O) groups excluding carboxylic acids is 2. The van der Waals surface area contributed by atoms with E-state index in [1.165, 1.54) is 0 Å². The van der Waals surface area contributed by atoms with Crippen molar-refractivity contribution in [1.29, 1.82) is 0 Å². The van der Waals surface area contributed by atoms with Gasteiger partial charge in [0.1, 0.15) is 23.0 Å². The summed E-state index contributed by atoms with van der Waals surface area (Å²) in [4.78, 5) is 24.8. The number of rotatable bonds is 11. The van der Waals surface area contributed by atoms with Crippen molar-refractivity contribution in [1.82, 2.24) is 0 Å². The highest BCUT2D eigenvalue weighted by Crippen LogP contribution is 2.25. The fraction of sp³-hybridized carbons (Fsp3) is 0.152. The zero-order chi connectivity index (χ0) is 27.6. The van der Waals surface area contributed by atoms with Crippen molar-refractivity contribution in [3.63, 3.8) is 0 Å². The van der Waals surface area contributed by atoms with Gasteiger partial charge < -0.3 is 18.9 Å². The van der Waals surface area contributed by atoms with Crippen LogP contribution < -0.4 is 18.9 Å². The molecule has 198 valence electrons. The SMILES string of the molecule is C=Cc1ccc(CCC(=O)Oc2ccc(C(=O)Oc3ccc(OCOc4ccc(C)cc4)c(C)c3)cc2)cc1. The summed E-state index contributed by atoms with van der Waals surface area (Å²) in [6.07, 6.45) is 2.59. The Morgan fingerprint density at radius 3 is 2.08 bits per heavy atom. The fourth-order valence-electron chi connectivity index (χ4n) is 3.72. The molecule has 4 rings (SSSR count). The van der Waals surface area contributed by atoms with Crippen molar-refractivity contribution in [2.75, 3.05) is 6.79 Å². The molecule has 4 aromatic carbocycles. The first kappa shape index (κ1) is 27.2. The van der Waals surface area contributed by atoms with Crippen LogP contribution in [0.4, 0.5) is 0 Å². The van der Waals surface area contributed by atoms with Crippen molar-refractivity contribution in [3.05, 3.63) is 125 Å². The van der Waals surface area contributed by atoms with Crippen LogP contribution in [0.3, 0.4) is 0 Å². The zero-order valence-electron chi connectivity index (χ0n) is 22.0. The van der Waals surface area contributed by atoms with E-state index >= 15 is 0 Å². The van der Waals surface area contributed by atoms with Gasteiger partial charge >= 0.3 is 11.9 Å². The molecule has 0 N–H and O–H groups in total. The summed E-state index contributed by atoms with van der Waals surface area (Å²) in [5.41, 5.74) is 4.36. The van der Waals surface area contributed by atoms with E-state index in [1.54, 1.807) is 48.5 Å². The summed E-state index contributed by atoms with van der Waals surface area (Å²) >= 11 is 0. The molecule has 0 unspecified atom stereocenters. The summed E-state index contributed by atoms with van der Waals surface area (Å²) in [6.45, 7) is 7.66. The minimum absolute atomic E-state index is 0.0583. The average Bonchev–Trinajstić information content (AvgIpc) is 2.95. The highest BCUT2D eigenvalue weighted by Gasteiger charge is 2.12. The van der Waals surface area contributed by atoms with Gasteiger partial charge in [0.15, 0.2) is 0 Å². The quantitative estimate of drug-likeness (QED) is 0.119. The minimum atomic E-state index is -0.522. The smallest absolute Gasteiger partial charge is 0.343 e. The lowest BCUT2D eigenvalue weighted by Crippen LogP contribution is -2.11. The molecule has 0 spiro atoms. The third kappa shape index (κ3) is 8.07. The molecule has 0 atom stereocenters. The van der Waals surface area contributed by atoms with Crippen LogP contribution in [0, 0.1) is 13.8 Å². The molecule has 0 saturated heterocycles. The van der Waals surface area contributed by atoms with E-state index in [-0.39, 0.29) is 19.2 Å². The number of ether oxygens (including phenoxy) is 4. The van der Waals surface area contributed by atoms with Gasteiger partial charge in [0, 0.05) is 6.42 Å². The van der Waals surface area contributed by atoms with E-state index in [1.807, 2.05) is 62.4 Å². The number of esters is 2. The number of aryl methyl sites for hydroxylation is 3. The summed E-state index contributed by atoms with van der Waals surface area (Å²) in [6, 6.07) is 26.9. The largest absolute Gasteiger partial charge is 0.458 e. The van der Waals surface area contributed by atoms with Crippen molar-refractivity contribution in [2.45, 2.75) is 26.7 Å². The second kappa shape index (κ2) is 13.1. The lowest BCUT2D eigenvalue weighted by Gasteiger charge is -2.12. The third-order valence-electron chi connectivity index (χ3n) is 5.97. The van der Waals surface area contributed by atoms with E-state index in [4.69, 9.17) is 18.9 Å². The number of hydrogen-bond acceptors (Lipinski definition) is 6. The lowest BCUT2D eigenvalue weighted by molar-refractivity contribution is -0.134. The Kier molecular flexibility index (Phi) is 9.14. The van der Waals surface area contributed by atoms with Crippen LogP contribution in [0.15, 0.2) is 97.6 Å². The van der Waals surface area contributed by atoms with Crippen molar-refractivity contribution in [3.8, 4) is 23.0 Å². The first-order chi connectivity index (χ1) is 18.9. The molecule has 6 heteroatoms. The maximum absolute atomic E-state index is 12.6. The number of benzene rings is 4. The van der Waals surface area contributed by atoms with Crippen LogP contribution in [0.5, 0.6) is 23.0 Å². The molecule has 0 radical (unpaired) electrons. The topological polar surface area (TPSA) is 71.1 Å². The maximum atomic E-state index is 12.6. The Morgan fingerprint density at radius 1 is 0.744 bits per heavy atom. The molecule has 0 aliphatic carbocycles. The summed E-state index contributed by atoms with van der Waals surface area (Å²) in [5, 5.41) is 0. The molecular formula is C33H30O6. The highest BCUT2D eigenvalue weighted by atomic mass is 16.7. The molecule has 0 amide bonds. The van der Waals surface area contributed by atoms with E-state index in [0.717, 1.165) is 28.0 Å². The van der Waals surface area contributed by atoms with E-state index in [2.05, 4.69) is 6.58 Å². The van der Waals surface area contributed by atoms with Crippen LogP contribution in [-0.4, -0.2) is 18.7 Å². The predicted molar refractivity (Wildman–Crippen MR) is 150 cm³/mol. The van der Waals surface area contributed by atoms with Gasteiger partial charge in [-0.15, -0.1) is 0 Å². The van der Waals surface area contributed by atoms with Crippen LogP contribution in [0.2, 0.25) is 0 Å². The highest BCUT2D eigenvalue weighted by molar-refractivity contribution is 5.91. The minimum Gasteiger partial charge on any atom is -0.458 e. The standard InChI is InChI=1S/C33H30O6/c1-4-25-7-9-26(10-8-25)11-20-32(34)38-29-16-12-27(13-17-29)33(35)39-30-18-19-31(24(3)21-30)37-22-36-28-14-5-23(2)6-15-28/h4-10,12-19,21H,1,11,20,22H2,2-3H3. The molecule has 0 bridgehead atoms. The molecule has 0 aliphatic heterocycles. The van der Waals surface area contributed by atoms with Gasteiger partial charge in [0.05, 0.1) is 5.56 Å². The Bertz CT molecular complexity index is 1420. The first-order valence-corrected chi connectivity index (χ1v) is 12.6. The van der Waals surface area contributed by atoms with Gasteiger partial charge in [-0.25, -0.2) is 4.79 Å². The van der Waals surface area contributed by atoms with Gasteiger partial charge in [0.25, 0.3) is 0 Å². The molecule has 0 heterocycles. The van der Waals surface area contributed by atoms with Crippen LogP contribution in [0.25, 0.3) is 6.08 Å². The second-order valence-electron chi connectivity index (χ2n) is 8.98. The second-order valence-corrected chi connectivity index (χ2v) is 8.98. The van der Waals surface area contributed by atoms with Gasteiger partial charge in [-0.2, -0.15) is 0 Å². The van der Waals surface area contributed by atoms with Crippen molar-refractivity contribution < 1.29 is 28.5 Å². The molecule has 0 saturated carbocycles. The summed E-state index contributed by atoms with van der Waals surface area (Å²) < 4.78 is 22.2. The first-order valence-electron chi connectivity index (χ1n) is 12.6. The molecular weight excluding hydrogens is 492 g/mol.